The van der Waals surface area contributed by atoms with E-state index in [1.165, 1.54) is 0 Å². The molecule has 14 nitrogen and oxygen atoms in total. The van der Waals surface area contributed by atoms with Crippen molar-refractivity contribution in [2.45, 2.75) is 52.6 Å². The first-order chi connectivity index (χ1) is 21.9. The number of hydrogen-bond donors (Lipinski definition) is 2. The van der Waals surface area contributed by atoms with E-state index in [2.05, 4.69) is 35.5 Å². The molecule has 14 heteroatoms. The van der Waals surface area contributed by atoms with Crippen LogP contribution >= 0.6 is 0 Å². The van der Waals surface area contributed by atoms with Crippen molar-refractivity contribution in [1.29, 1.82) is 0 Å². The summed E-state index contributed by atoms with van der Waals surface area (Å²) in [5.41, 5.74) is 0.263. The Morgan fingerprint density at radius 1 is 0.957 bits per heavy atom. The van der Waals surface area contributed by atoms with Crippen molar-refractivity contribution in [1.82, 2.24) is 30.0 Å². The van der Waals surface area contributed by atoms with E-state index in [1.54, 1.807) is 71.0 Å². The van der Waals surface area contributed by atoms with Crippen LogP contribution in [0.1, 0.15) is 55.9 Å². The van der Waals surface area contributed by atoms with Gasteiger partial charge in [-0.3, -0.25) is 24.3 Å². The number of nitrogens with zero attached hydrogens (tertiary/aromatic N) is 5. The Morgan fingerprint density at radius 2 is 1.65 bits per heavy atom. The van der Waals surface area contributed by atoms with Crippen LogP contribution in [-0.2, 0) is 21.5 Å². The Labute approximate surface area is 263 Å². The molecule has 5 rings (SSSR count). The van der Waals surface area contributed by atoms with E-state index in [4.69, 9.17) is 8.83 Å². The third kappa shape index (κ3) is 6.27. The largest absolute Gasteiger partial charge is 0.453 e. The topological polar surface area (TPSA) is 184 Å². The van der Waals surface area contributed by atoms with E-state index < -0.39 is 47.3 Å². The molecule has 0 unspecified atom stereocenters. The first-order valence-corrected chi connectivity index (χ1v) is 14.5. The highest BCUT2D eigenvalue weighted by molar-refractivity contribution is 5.98. The minimum absolute atomic E-state index is 0.103. The molecule has 5 aromatic rings. The fourth-order valence-corrected chi connectivity index (χ4v) is 4.75. The van der Waals surface area contributed by atoms with E-state index in [1.807, 2.05) is 18.2 Å². The number of carbonyl (C=O) groups is 3. The zero-order valence-corrected chi connectivity index (χ0v) is 26.2. The Bertz CT molecular complexity index is 1940. The van der Waals surface area contributed by atoms with Crippen LogP contribution in [0.2, 0.25) is 0 Å². The number of rotatable bonds is 10. The molecule has 3 aromatic heterocycles. The fourth-order valence-electron chi connectivity index (χ4n) is 4.75. The molecular formula is C32H33N7O7. The summed E-state index contributed by atoms with van der Waals surface area (Å²) in [6.45, 7) is 8.10. The maximum absolute atomic E-state index is 13.6. The number of ether oxygens (including phenoxy) is 1. The number of benzene rings is 2. The first kappa shape index (κ1) is 31.8. The molecule has 0 saturated carbocycles. The standard InChI is InChI=1S/C32H33N7O7/c1-17(2)23(25(41)27-37-38-30(46-27)32(4,5)29-34-20-14-10-11-15-21(20)45-29)35-22(40)16-39-26(19-12-8-7-9-13-19)33-18(3)24(28(39)42)36-31(43)44-6/h7-15,17,23H,16H2,1-6H3,(H,35,40)(H,36,43)/t23-/m1/s1. The molecule has 46 heavy (non-hydrogen) atoms. The van der Waals surface area contributed by atoms with Crippen molar-refractivity contribution < 1.29 is 28.0 Å². The van der Waals surface area contributed by atoms with Crippen molar-refractivity contribution in [3.05, 3.63) is 88.3 Å². The lowest BCUT2D eigenvalue weighted by molar-refractivity contribution is -0.122. The molecule has 2 N–H and O–H groups in total. The SMILES string of the molecule is COC(=O)Nc1c(C)nc(-c2ccccc2)n(CC(=O)N[C@@H](C(=O)c2nnc(C(C)(C)c3nc4ccccc4o3)o2)C(C)C)c1=O. The van der Waals surface area contributed by atoms with Gasteiger partial charge >= 0.3 is 6.09 Å². The third-order valence-corrected chi connectivity index (χ3v) is 7.36. The van der Waals surface area contributed by atoms with E-state index in [0.717, 1.165) is 11.7 Å². The van der Waals surface area contributed by atoms with Crippen molar-refractivity contribution in [3.8, 4) is 11.4 Å². The molecule has 0 fully saturated rings. The zero-order valence-electron chi connectivity index (χ0n) is 26.2. The van der Waals surface area contributed by atoms with Crippen LogP contribution in [0.15, 0.2) is 68.2 Å². The summed E-state index contributed by atoms with van der Waals surface area (Å²) in [6.07, 6.45) is -0.867. The van der Waals surface area contributed by atoms with Gasteiger partial charge in [0.1, 0.15) is 29.0 Å². The Hall–Kier alpha value is -5.66. The van der Waals surface area contributed by atoms with Crippen molar-refractivity contribution in [2.24, 2.45) is 5.92 Å². The molecule has 0 saturated heterocycles. The minimum Gasteiger partial charge on any atom is -0.453 e. The normalized spacial score (nSPS) is 12.2. The maximum atomic E-state index is 13.6. The lowest BCUT2D eigenvalue weighted by atomic mass is 9.93. The Kier molecular flexibility index (Phi) is 8.80. The number of aromatic nitrogens is 5. The number of Topliss-reactive ketones (excluding diaryl/α,β-unsaturated/α-hetero) is 1. The lowest BCUT2D eigenvalue weighted by Gasteiger charge is -2.21. The lowest BCUT2D eigenvalue weighted by Crippen LogP contribution is -2.47. The average Bonchev–Trinajstić information content (AvgIpc) is 3.72. The minimum atomic E-state index is -1.07. The Morgan fingerprint density at radius 3 is 2.33 bits per heavy atom. The van der Waals surface area contributed by atoms with Gasteiger partial charge in [-0.2, -0.15) is 0 Å². The molecule has 2 aromatic carbocycles. The second-order valence-corrected chi connectivity index (χ2v) is 11.4. The van der Waals surface area contributed by atoms with Crippen molar-refractivity contribution in [2.75, 3.05) is 12.4 Å². The molecule has 1 atom stereocenters. The monoisotopic (exact) mass is 627 g/mol. The molecule has 0 radical (unpaired) electrons. The number of aryl methyl sites for hydroxylation is 1. The highest BCUT2D eigenvalue weighted by Gasteiger charge is 2.37. The van der Waals surface area contributed by atoms with Gasteiger partial charge in [0, 0.05) is 5.56 Å². The molecular weight excluding hydrogens is 594 g/mol. The van der Waals surface area contributed by atoms with Crippen LogP contribution in [0.25, 0.3) is 22.5 Å². The number of fused-ring (bicyclic) bond motifs is 1. The number of anilines is 1. The number of hydrogen-bond acceptors (Lipinski definition) is 11. The molecule has 0 bridgehead atoms. The number of oxazole rings is 1. The third-order valence-electron chi connectivity index (χ3n) is 7.36. The summed E-state index contributed by atoms with van der Waals surface area (Å²) in [5, 5.41) is 13.2. The summed E-state index contributed by atoms with van der Waals surface area (Å²) in [7, 11) is 1.16. The number of amides is 2. The second-order valence-electron chi connectivity index (χ2n) is 11.4. The van der Waals surface area contributed by atoms with Gasteiger partial charge in [-0.05, 0) is 38.8 Å². The van der Waals surface area contributed by atoms with Gasteiger partial charge in [0.2, 0.25) is 23.5 Å². The van der Waals surface area contributed by atoms with Crippen molar-refractivity contribution >= 4 is 34.6 Å². The highest BCUT2D eigenvalue weighted by atomic mass is 16.5. The summed E-state index contributed by atoms with van der Waals surface area (Å²) in [5.74, 6) is -1.33. The first-order valence-electron chi connectivity index (χ1n) is 14.5. The molecule has 0 aliphatic heterocycles. The van der Waals surface area contributed by atoms with Gasteiger partial charge < -0.3 is 18.9 Å². The van der Waals surface area contributed by atoms with Gasteiger partial charge in [0.15, 0.2) is 5.58 Å². The molecule has 0 aliphatic carbocycles. The summed E-state index contributed by atoms with van der Waals surface area (Å²) in [4.78, 5) is 61.6. The smallest absolute Gasteiger partial charge is 0.411 e. The molecule has 0 spiro atoms. The number of ketones is 1. The van der Waals surface area contributed by atoms with E-state index >= 15 is 0 Å². The van der Waals surface area contributed by atoms with E-state index in [9.17, 15) is 19.2 Å². The van der Waals surface area contributed by atoms with E-state index in [0.29, 0.717) is 22.6 Å². The fraction of sp³-hybridized carbons (Fsp3) is 0.312. The quantitative estimate of drug-likeness (QED) is 0.211. The predicted molar refractivity (Wildman–Crippen MR) is 166 cm³/mol. The van der Waals surface area contributed by atoms with Crippen LogP contribution in [0.4, 0.5) is 10.5 Å². The van der Waals surface area contributed by atoms with Gasteiger partial charge in [0.05, 0.1) is 18.8 Å². The number of para-hydroxylation sites is 2. The zero-order chi connectivity index (χ0) is 33.2. The van der Waals surface area contributed by atoms with Gasteiger partial charge in [0.25, 0.3) is 11.4 Å². The summed E-state index contributed by atoms with van der Waals surface area (Å²) in [6, 6.07) is 15.0. The summed E-state index contributed by atoms with van der Waals surface area (Å²) < 4.78 is 17.5. The van der Waals surface area contributed by atoms with Crippen LogP contribution in [0.5, 0.6) is 0 Å². The van der Waals surface area contributed by atoms with Crippen LogP contribution in [-0.4, -0.2) is 55.7 Å². The number of nitrogens with one attached hydrogen (secondary N) is 2. The van der Waals surface area contributed by atoms with E-state index in [-0.39, 0.29) is 29.0 Å². The molecule has 0 aliphatic rings. The van der Waals surface area contributed by atoms with Gasteiger partial charge in [-0.15, -0.1) is 10.2 Å². The van der Waals surface area contributed by atoms with Crippen LogP contribution in [0, 0.1) is 12.8 Å². The van der Waals surface area contributed by atoms with Crippen molar-refractivity contribution in [3.63, 3.8) is 0 Å². The van der Waals surface area contributed by atoms with Gasteiger partial charge in [-0.1, -0.05) is 56.3 Å². The van der Waals surface area contributed by atoms with Gasteiger partial charge in [-0.25, -0.2) is 14.8 Å². The molecule has 238 valence electrons. The summed E-state index contributed by atoms with van der Waals surface area (Å²) >= 11 is 0. The predicted octanol–water partition coefficient (Wildman–Crippen LogP) is 4.27. The average molecular weight is 628 g/mol. The van der Waals surface area contributed by atoms with Crippen LogP contribution < -0.4 is 16.2 Å². The Balaban J connectivity index is 1.41. The molecule has 2 amide bonds. The number of carbonyl (C=O) groups excluding carboxylic acids is 3. The second kappa shape index (κ2) is 12.8. The number of methoxy groups -OCH3 is 1. The van der Waals surface area contributed by atoms with Crippen LogP contribution in [0.3, 0.4) is 0 Å². The maximum Gasteiger partial charge on any atom is 0.411 e. The highest BCUT2D eigenvalue weighted by Crippen LogP contribution is 2.32. The molecule has 3 heterocycles.